The van der Waals surface area contributed by atoms with Crippen LogP contribution in [0.15, 0.2) is 0 Å². The van der Waals surface area contributed by atoms with Gasteiger partial charge < -0.3 is 4.90 Å². The van der Waals surface area contributed by atoms with Gasteiger partial charge in [0.2, 0.25) is 5.91 Å². The normalized spacial score (nSPS) is 25.6. The molecule has 0 radical (unpaired) electrons. The van der Waals surface area contributed by atoms with Gasteiger partial charge in [-0.3, -0.25) is 4.79 Å². The van der Waals surface area contributed by atoms with Crippen LogP contribution in [0.25, 0.3) is 0 Å². The Kier molecular flexibility index (Phi) is 5.24. The van der Waals surface area contributed by atoms with Crippen molar-refractivity contribution in [3.63, 3.8) is 0 Å². The van der Waals surface area contributed by atoms with Gasteiger partial charge in [-0.1, -0.05) is 48.0 Å². The fourth-order valence-corrected chi connectivity index (χ4v) is 3.18. The summed E-state index contributed by atoms with van der Waals surface area (Å²) in [5, 5.41) is 0. The van der Waals surface area contributed by atoms with Crippen LogP contribution in [0.2, 0.25) is 0 Å². The van der Waals surface area contributed by atoms with Crippen molar-refractivity contribution >= 4 is 5.91 Å². The SMILES string of the molecule is CCCC1CCCC(C(C)(C)C)N1C(=O)C(C)C. The van der Waals surface area contributed by atoms with Crippen LogP contribution in [0.4, 0.5) is 0 Å². The largest absolute Gasteiger partial charge is 0.336 e. The fraction of sp³-hybridized carbons (Fsp3) is 0.938. The highest BCUT2D eigenvalue weighted by molar-refractivity contribution is 5.79. The maximum Gasteiger partial charge on any atom is 0.225 e. The summed E-state index contributed by atoms with van der Waals surface area (Å²) >= 11 is 0. The molecule has 0 N–H and O–H groups in total. The molecule has 0 spiro atoms. The third kappa shape index (κ3) is 3.49. The highest BCUT2D eigenvalue weighted by atomic mass is 16.2. The molecule has 18 heavy (non-hydrogen) atoms. The lowest BCUT2D eigenvalue weighted by Gasteiger charge is -2.48. The van der Waals surface area contributed by atoms with Crippen LogP contribution in [0.1, 0.15) is 73.6 Å². The minimum absolute atomic E-state index is 0.118. The molecular formula is C16H31NO. The Morgan fingerprint density at radius 2 is 1.89 bits per heavy atom. The quantitative estimate of drug-likeness (QED) is 0.736. The van der Waals surface area contributed by atoms with E-state index < -0.39 is 0 Å². The number of carbonyl (C=O) groups excluding carboxylic acids is 1. The van der Waals surface area contributed by atoms with E-state index in [1.807, 2.05) is 13.8 Å². The summed E-state index contributed by atoms with van der Waals surface area (Å²) in [4.78, 5) is 14.8. The van der Waals surface area contributed by atoms with E-state index >= 15 is 0 Å². The molecule has 2 unspecified atom stereocenters. The summed E-state index contributed by atoms with van der Waals surface area (Å²) in [6, 6.07) is 0.889. The predicted molar refractivity (Wildman–Crippen MR) is 77.5 cm³/mol. The van der Waals surface area contributed by atoms with Crippen molar-refractivity contribution in [2.45, 2.75) is 85.7 Å². The van der Waals surface area contributed by atoms with E-state index in [2.05, 4.69) is 32.6 Å². The summed E-state index contributed by atoms with van der Waals surface area (Å²) in [5.74, 6) is 0.473. The van der Waals surface area contributed by atoms with E-state index in [0.29, 0.717) is 18.0 Å². The van der Waals surface area contributed by atoms with Gasteiger partial charge in [0, 0.05) is 18.0 Å². The van der Waals surface area contributed by atoms with Crippen LogP contribution in [0.5, 0.6) is 0 Å². The number of hydrogen-bond donors (Lipinski definition) is 0. The van der Waals surface area contributed by atoms with E-state index in [4.69, 9.17) is 0 Å². The van der Waals surface area contributed by atoms with E-state index in [9.17, 15) is 4.79 Å². The lowest BCUT2D eigenvalue weighted by Crippen LogP contribution is -2.56. The van der Waals surface area contributed by atoms with Crippen molar-refractivity contribution in [3.8, 4) is 0 Å². The lowest BCUT2D eigenvalue weighted by molar-refractivity contribution is -0.145. The van der Waals surface area contributed by atoms with Crippen LogP contribution in [0.3, 0.4) is 0 Å². The first-order valence-corrected chi connectivity index (χ1v) is 7.61. The number of piperidine rings is 1. The Balaban J connectivity index is 2.97. The van der Waals surface area contributed by atoms with Crippen LogP contribution >= 0.6 is 0 Å². The molecule has 1 aliphatic rings. The van der Waals surface area contributed by atoms with Crippen molar-refractivity contribution < 1.29 is 4.79 Å². The molecule has 0 saturated carbocycles. The van der Waals surface area contributed by atoms with Gasteiger partial charge in [-0.05, 0) is 31.1 Å². The average molecular weight is 253 g/mol. The van der Waals surface area contributed by atoms with Crippen LogP contribution in [-0.2, 0) is 4.79 Å². The first kappa shape index (κ1) is 15.5. The maximum atomic E-state index is 12.6. The van der Waals surface area contributed by atoms with Crippen molar-refractivity contribution in [1.29, 1.82) is 0 Å². The van der Waals surface area contributed by atoms with Gasteiger partial charge in [-0.25, -0.2) is 0 Å². The van der Waals surface area contributed by atoms with Gasteiger partial charge in [-0.2, -0.15) is 0 Å². The van der Waals surface area contributed by atoms with E-state index in [1.54, 1.807) is 0 Å². The molecular weight excluding hydrogens is 222 g/mol. The summed E-state index contributed by atoms with van der Waals surface area (Å²) < 4.78 is 0. The summed E-state index contributed by atoms with van der Waals surface area (Å²) in [5.41, 5.74) is 0.191. The summed E-state index contributed by atoms with van der Waals surface area (Å²) in [6.07, 6.45) is 5.96. The minimum atomic E-state index is 0.118. The third-order valence-electron chi connectivity index (χ3n) is 4.11. The molecule has 0 aromatic rings. The number of rotatable bonds is 3. The molecule has 0 aromatic heterocycles. The van der Waals surface area contributed by atoms with Gasteiger partial charge in [0.05, 0.1) is 0 Å². The second-order valence-corrected chi connectivity index (χ2v) is 7.16. The fourth-order valence-electron chi connectivity index (χ4n) is 3.18. The summed E-state index contributed by atoms with van der Waals surface area (Å²) in [6.45, 7) is 13.1. The Morgan fingerprint density at radius 3 is 2.33 bits per heavy atom. The highest BCUT2D eigenvalue weighted by Gasteiger charge is 2.40. The highest BCUT2D eigenvalue weighted by Crippen LogP contribution is 2.36. The number of nitrogens with zero attached hydrogens (tertiary/aromatic N) is 1. The third-order valence-corrected chi connectivity index (χ3v) is 4.11. The van der Waals surface area contributed by atoms with Gasteiger partial charge >= 0.3 is 0 Å². The summed E-state index contributed by atoms with van der Waals surface area (Å²) in [7, 11) is 0. The Bertz CT molecular complexity index is 275. The monoisotopic (exact) mass is 253 g/mol. The Labute approximate surface area is 113 Å². The van der Waals surface area contributed by atoms with Gasteiger partial charge in [-0.15, -0.1) is 0 Å². The zero-order valence-electron chi connectivity index (χ0n) is 13.1. The smallest absolute Gasteiger partial charge is 0.225 e. The van der Waals surface area contributed by atoms with Gasteiger partial charge in [0.1, 0.15) is 0 Å². The molecule has 1 amide bonds. The van der Waals surface area contributed by atoms with Crippen LogP contribution in [0, 0.1) is 11.3 Å². The van der Waals surface area contributed by atoms with Crippen LogP contribution in [-0.4, -0.2) is 22.9 Å². The molecule has 2 nitrogen and oxygen atoms in total. The first-order valence-electron chi connectivity index (χ1n) is 7.61. The van der Waals surface area contributed by atoms with E-state index in [1.165, 1.54) is 25.7 Å². The second-order valence-electron chi connectivity index (χ2n) is 7.16. The molecule has 2 heteroatoms. The molecule has 1 aliphatic heterocycles. The van der Waals surface area contributed by atoms with Crippen molar-refractivity contribution in [2.24, 2.45) is 11.3 Å². The number of carbonyl (C=O) groups is 1. The number of amides is 1. The Hall–Kier alpha value is -0.530. The topological polar surface area (TPSA) is 20.3 Å². The van der Waals surface area contributed by atoms with Crippen molar-refractivity contribution in [3.05, 3.63) is 0 Å². The number of hydrogen-bond acceptors (Lipinski definition) is 1. The van der Waals surface area contributed by atoms with Gasteiger partial charge in [0.25, 0.3) is 0 Å². The van der Waals surface area contributed by atoms with Gasteiger partial charge in [0.15, 0.2) is 0 Å². The zero-order valence-corrected chi connectivity index (χ0v) is 13.1. The standard InChI is InChI=1S/C16H31NO/c1-7-9-13-10-8-11-14(16(4,5)6)17(13)15(18)12(2)3/h12-14H,7-11H2,1-6H3. The molecule has 0 aromatic carbocycles. The van der Waals surface area contributed by atoms with E-state index in [0.717, 1.165) is 6.42 Å². The molecule has 106 valence electrons. The van der Waals surface area contributed by atoms with Crippen molar-refractivity contribution in [1.82, 2.24) is 4.90 Å². The van der Waals surface area contributed by atoms with Crippen molar-refractivity contribution in [2.75, 3.05) is 0 Å². The number of likely N-dealkylation sites (tertiary alicyclic amines) is 1. The second kappa shape index (κ2) is 6.08. The molecule has 0 bridgehead atoms. The molecule has 1 fully saturated rings. The minimum Gasteiger partial charge on any atom is -0.336 e. The zero-order chi connectivity index (χ0) is 13.9. The van der Waals surface area contributed by atoms with Crippen LogP contribution < -0.4 is 0 Å². The lowest BCUT2D eigenvalue weighted by atomic mass is 9.77. The maximum absolute atomic E-state index is 12.6. The first-order chi connectivity index (χ1) is 8.29. The van der Waals surface area contributed by atoms with E-state index in [-0.39, 0.29) is 11.3 Å². The molecule has 1 rings (SSSR count). The molecule has 1 saturated heterocycles. The predicted octanol–water partition coefficient (Wildman–Crippen LogP) is 4.24. The average Bonchev–Trinajstić information content (AvgIpc) is 2.27. The Morgan fingerprint density at radius 1 is 1.28 bits per heavy atom. The molecule has 1 heterocycles. The molecule has 0 aliphatic carbocycles. The molecule has 2 atom stereocenters.